The van der Waals surface area contributed by atoms with Crippen molar-refractivity contribution in [3.63, 3.8) is 0 Å². The van der Waals surface area contributed by atoms with Gasteiger partial charge in [0.2, 0.25) is 12.6 Å². The van der Waals surface area contributed by atoms with Gasteiger partial charge in [-0.2, -0.15) is 0 Å². The smallest absolute Gasteiger partial charge is 0.333 e. The lowest BCUT2D eigenvalue weighted by Gasteiger charge is -2.12. The SMILES string of the molecule is C=CCOC(C)OC(=O)/C=C/C(=O)OC(C)OCC=C. The lowest BCUT2D eigenvalue weighted by atomic mass is 10.5. The second kappa shape index (κ2) is 11.0. The molecule has 0 heterocycles. The Morgan fingerprint density at radius 3 is 1.55 bits per heavy atom. The number of carbonyl (C=O) groups excluding carboxylic acids is 2. The third kappa shape index (κ3) is 10.0. The van der Waals surface area contributed by atoms with E-state index in [1.54, 1.807) is 13.8 Å². The summed E-state index contributed by atoms with van der Waals surface area (Å²) >= 11 is 0. The molecule has 0 rings (SSSR count). The summed E-state index contributed by atoms with van der Waals surface area (Å²) in [5, 5.41) is 0. The van der Waals surface area contributed by atoms with Crippen LogP contribution in [-0.4, -0.2) is 37.7 Å². The quantitative estimate of drug-likeness (QED) is 0.263. The molecule has 0 saturated carbocycles. The van der Waals surface area contributed by atoms with E-state index in [-0.39, 0.29) is 13.2 Å². The van der Waals surface area contributed by atoms with Crippen LogP contribution in [0.1, 0.15) is 13.8 Å². The monoisotopic (exact) mass is 284 g/mol. The molecule has 0 aliphatic rings. The highest BCUT2D eigenvalue weighted by molar-refractivity contribution is 5.91. The third-order valence-corrected chi connectivity index (χ3v) is 1.82. The van der Waals surface area contributed by atoms with Crippen LogP contribution < -0.4 is 0 Å². The minimum absolute atomic E-state index is 0.262. The molecule has 0 spiro atoms. The van der Waals surface area contributed by atoms with Gasteiger partial charge in [0.15, 0.2) is 0 Å². The number of ether oxygens (including phenoxy) is 4. The highest BCUT2D eigenvalue weighted by atomic mass is 16.7. The van der Waals surface area contributed by atoms with Gasteiger partial charge in [0.05, 0.1) is 13.2 Å². The first-order chi connectivity index (χ1) is 9.49. The first-order valence-electron chi connectivity index (χ1n) is 6.04. The van der Waals surface area contributed by atoms with E-state index in [0.717, 1.165) is 12.2 Å². The summed E-state index contributed by atoms with van der Waals surface area (Å²) in [6.45, 7) is 10.6. The van der Waals surface area contributed by atoms with Gasteiger partial charge in [-0.05, 0) is 13.8 Å². The van der Waals surface area contributed by atoms with Crippen LogP contribution in [0.2, 0.25) is 0 Å². The summed E-state index contributed by atoms with van der Waals surface area (Å²) in [5.74, 6) is -1.42. The molecule has 0 aliphatic heterocycles. The molecular formula is C14H20O6. The molecule has 2 unspecified atom stereocenters. The standard InChI is InChI=1S/C14H20O6/c1-5-9-17-11(3)19-13(15)7-8-14(16)20-12(4)18-10-6-2/h5-8,11-12H,1-2,9-10H2,3-4H3/b8-7+. The summed E-state index contributed by atoms with van der Waals surface area (Å²) < 4.78 is 19.7. The second-order valence-electron chi connectivity index (χ2n) is 3.59. The normalized spacial score (nSPS) is 13.5. The van der Waals surface area contributed by atoms with Crippen LogP contribution in [0.3, 0.4) is 0 Å². The molecule has 0 aliphatic carbocycles. The van der Waals surface area contributed by atoms with Crippen molar-refractivity contribution in [3.8, 4) is 0 Å². The van der Waals surface area contributed by atoms with E-state index < -0.39 is 24.5 Å². The lowest BCUT2D eigenvalue weighted by molar-refractivity contribution is -0.169. The molecule has 0 N–H and O–H groups in total. The minimum atomic E-state index is -0.726. The van der Waals surface area contributed by atoms with Crippen LogP contribution in [0.15, 0.2) is 37.5 Å². The van der Waals surface area contributed by atoms with Crippen LogP contribution in [-0.2, 0) is 28.5 Å². The van der Waals surface area contributed by atoms with Gasteiger partial charge in [0, 0.05) is 12.2 Å². The van der Waals surface area contributed by atoms with Crippen LogP contribution >= 0.6 is 0 Å². The zero-order valence-corrected chi connectivity index (χ0v) is 11.7. The van der Waals surface area contributed by atoms with Gasteiger partial charge >= 0.3 is 11.9 Å². The van der Waals surface area contributed by atoms with Gasteiger partial charge in [-0.3, -0.25) is 0 Å². The highest BCUT2D eigenvalue weighted by Gasteiger charge is 2.09. The molecule has 0 saturated heterocycles. The van der Waals surface area contributed by atoms with Crippen LogP contribution in [0.4, 0.5) is 0 Å². The van der Waals surface area contributed by atoms with E-state index in [2.05, 4.69) is 13.2 Å². The van der Waals surface area contributed by atoms with Crippen molar-refractivity contribution in [2.45, 2.75) is 26.4 Å². The van der Waals surface area contributed by atoms with Crippen LogP contribution in [0.5, 0.6) is 0 Å². The Balaban J connectivity index is 4.01. The zero-order valence-electron chi connectivity index (χ0n) is 11.7. The fraction of sp³-hybridized carbons (Fsp3) is 0.429. The Labute approximate surface area is 118 Å². The van der Waals surface area contributed by atoms with Crippen molar-refractivity contribution >= 4 is 11.9 Å². The molecule has 2 atom stereocenters. The molecule has 0 fully saturated rings. The van der Waals surface area contributed by atoms with Gasteiger partial charge in [-0.15, -0.1) is 13.2 Å². The van der Waals surface area contributed by atoms with Gasteiger partial charge in [-0.1, -0.05) is 12.2 Å². The third-order valence-electron chi connectivity index (χ3n) is 1.82. The molecular weight excluding hydrogens is 264 g/mol. The van der Waals surface area contributed by atoms with Crippen LogP contribution in [0.25, 0.3) is 0 Å². The first-order valence-corrected chi connectivity index (χ1v) is 6.04. The van der Waals surface area contributed by atoms with E-state index in [0.29, 0.717) is 0 Å². The molecule has 0 amide bonds. The molecule has 0 bridgehead atoms. The van der Waals surface area contributed by atoms with E-state index in [1.807, 2.05) is 0 Å². The van der Waals surface area contributed by atoms with E-state index in [4.69, 9.17) is 18.9 Å². The second-order valence-corrected chi connectivity index (χ2v) is 3.59. The maximum atomic E-state index is 11.3. The molecule has 20 heavy (non-hydrogen) atoms. The van der Waals surface area contributed by atoms with Crippen molar-refractivity contribution in [1.82, 2.24) is 0 Å². The van der Waals surface area contributed by atoms with Gasteiger partial charge in [0.25, 0.3) is 0 Å². The summed E-state index contributed by atoms with van der Waals surface area (Å²) in [7, 11) is 0. The Kier molecular flexibility index (Phi) is 9.90. The van der Waals surface area contributed by atoms with Crippen molar-refractivity contribution in [2.24, 2.45) is 0 Å². The van der Waals surface area contributed by atoms with E-state index >= 15 is 0 Å². The van der Waals surface area contributed by atoms with Gasteiger partial charge in [0.1, 0.15) is 0 Å². The number of hydrogen-bond donors (Lipinski definition) is 0. The summed E-state index contributed by atoms with van der Waals surface area (Å²) in [6, 6.07) is 0. The predicted octanol–water partition coefficient (Wildman–Crippen LogP) is 1.73. The lowest BCUT2D eigenvalue weighted by Crippen LogP contribution is -2.18. The Hall–Kier alpha value is -1.92. The highest BCUT2D eigenvalue weighted by Crippen LogP contribution is 1.98. The van der Waals surface area contributed by atoms with Crippen molar-refractivity contribution < 1.29 is 28.5 Å². The van der Waals surface area contributed by atoms with Crippen molar-refractivity contribution in [3.05, 3.63) is 37.5 Å². The fourth-order valence-electron chi connectivity index (χ4n) is 1.02. The van der Waals surface area contributed by atoms with Crippen molar-refractivity contribution in [1.29, 1.82) is 0 Å². The van der Waals surface area contributed by atoms with Crippen LogP contribution in [0, 0.1) is 0 Å². The van der Waals surface area contributed by atoms with E-state index in [1.165, 1.54) is 12.2 Å². The summed E-state index contributed by atoms with van der Waals surface area (Å²) in [5.41, 5.74) is 0. The van der Waals surface area contributed by atoms with Crippen molar-refractivity contribution in [2.75, 3.05) is 13.2 Å². The van der Waals surface area contributed by atoms with E-state index in [9.17, 15) is 9.59 Å². The molecule has 6 nitrogen and oxygen atoms in total. The maximum absolute atomic E-state index is 11.3. The van der Waals surface area contributed by atoms with Gasteiger partial charge in [-0.25, -0.2) is 9.59 Å². The minimum Gasteiger partial charge on any atom is -0.433 e. The average Bonchev–Trinajstić information content (AvgIpc) is 2.40. The molecule has 0 radical (unpaired) electrons. The number of carbonyl (C=O) groups is 2. The predicted molar refractivity (Wildman–Crippen MR) is 72.5 cm³/mol. The van der Waals surface area contributed by atoms with Gasteiger partial charge < -0.3 is 18.9 Å². The molecule has 0 aromatic heterocycles. The Bertz CT molecular complexity index is 327. The zero-order chi connectivity index (χ0) is 15.4. The Morgan fingerprint density at radius 1 is 0.900 bits per heavy atom. The number of hydrogen-bond acceptors (Lipinski definition) is 6. The molecule has 0 aromatic carbocycles. The summed E-state index contributed by atoms with van der Waals surface area (Å²) in [6.07, 6.45) is 3.52. The topological polar surface area (TPSA) is 71.1 Å². The summed E-state index contributed by atoms with van der Waals surface area (Å²) in [4.78, 5) is 22.6. The number of rotatable bonds is 10. The largest absolute Gasteiger partial charge is 0.433 e. The number of esters is 2. The Morgan fingerprint density at radius 2 is 1.25 bits per heavy atom. The first kappa shape index (κ1) is 18.1. The molecule has 112 valence electrons. The maximum Gasteiger partial charge on any atom is 0.333 e. The molecule has 0 aromatic rings. The molecule has 6 heteroatoms. The fourth-order valence-corrected chi connectivity index (χ4v) is 1.02. The average molecular weight is 284 g/mol.